The monoisotopic (exact) mass is 456 g/mol. The quantitative estimate of drug-likeness (QED) is 0.301. The third-order valence-corrected chi connectivity index (χ3v) is 7.74. The van der Waals surface area contributed by atoms with Crippen molar-refractivity contribution in [1.29, 1.82) is 0 Å². The van der Waals surface area contributed by atoms with Gasteiger partial charge in [0.25, 0.3) is 0 Å². The smallest absolute Gasteiger partial charge is 0.167 e. The standard InChI is InChI=1S/C29H32F4/c1-3-5-7-19-12-13-24(28(32)26(19)30)25-15-14-23(27(31)29(25)33)22-11-10-20-16-18(6-4-2)8-9-21(20)17-22/h3-4,6,12-15,18,20-22H,1,5,7-11,16-17H2,2H3/b6-4+. The Morgan fingerprint density at radius 1 is 0.818 bits per heavy atom. The molecule has 0 spiro atoms. The van der Waals surface area contributed by atoms with Gasteiger partial charge < -0.3 is 0 Å². The van der Waals surface area contributed by atoms with Gasteiger partial charge in [0.2, 0.25) is 0 Å². The van der Waals surface area contributed by atoms with Gasteiger partial charge in [-0.15, -0.1) is 6.58 Å². The summed E-state index contributed by atoms with van der Waals surface area (Å²) >= 11 is 0. The Morgan fingerprint density at radius 3 is 2.21 bits per heavy atom. The zero-order valence-electron chi connectivity index (χ0n) is 19.2. The first kappa shape index (κ1) is 23.8. The molecule has 176 valence electrons. The molecule has 0 bridgehead atoms. The molecule has 0 radical (unpaired) electrons. The molecular formula is C29H32F4. The molecule has 4 unspecified atom stereocenters. The number of aryl methyl sites for hydroxylation is 1. The number of allylic oxidation sites excluding steroid dienone is 3. The Bertz CT molecular complexity index is 1040. The molecular weight excluding hydrogens is 424 g/mol. The third kappa shape index (κ3) is 4.81. The molecule has 4 rings (SSSR count). The van der Waals surface area contributed by atoms with Crippen LogP contribution in [0.1, 0.15) is 68.9 Å². The van der Waals surface area contributed by atoms with Crippen LogP contribution < -0.4 is 0 Å². The second kappa shape index (κ2) is 10.3. The van der Waals surface area contributed by atoms with Crippen LogP contribution in [-0.2, 0) is 6.42 Å². The summed E-state index contributed by atoms with van der Waals surface area (Å²) in [4.78, 5) is 0. The molecule has 0 amide bonds. The van der Waals surface area contributed by atoms with Crippen molar-refractivity contribution in [2.24, 2.45) is 17.8 Å². The average Bonchev–Trinajstić information content (AvgIpc) is 2.82. The van der Waals surface area contributed by atoms with Gasteiger partial charge in [0.05, 0.1) is 0 Å². The van der Waals surface area contributed by atoms with Gasteiger partial charge in [-0.05, 0) is 93.1 Å². The molecule has 0 saturated heterocycles. The van der Waals surface area contributed by atoms with E-state index in [1.165, 1.54) is 24.6 Å². The van der Waals surface area contributed by atoms with Crippen LogP contribution in [0, 0.1) is 41.0 Å². The van der Waals surface area contributed by atoms with E-state index in [4.69, 9.17) is 0 Å². The average molecular weight is 457 g/mol. The zero-order valence-corrected chi connectivity index (χ0v) is 19.2. The second-order valence-electron chi connectivity index (χ2n) is 9.69. The highest BCUT2D eigenvalue weighted by Crippen LogP contribution is 2.48. The van der Waals surface area contributed by atoms with Crippen molar-refractivity contribution in [3.05, 3.63) is 83.5 Å². The molecule has 2 aromatic rings. The van der Waals surface area contributed by atoms with E-state index in [0.717, 1.165) is 32.1 Å². The van der Waals surface area contributed by atoms with E-state index in [0.29, 0.717) is 36.2 Å². The van der Waals surface area contributed by atoms with Crippen LogP contribution in [0.2, 0.25) is 0 Å². The summed E-state index contributed by atoms with van der Waals surface area (Å²) in [5.74, 6) is -2.36. The SMILES string of the molecule is C=CCCc1ccc(-c2ccc(C3CCC4CC(/C=C/C)CCC4C3)c(F)c2F)c(F)c1F. The molecule has 2 aliphatic rings. The molecule has 0 heterocycles. The predicted octanol–water partition coefficient (Wildman–Crippen LogP) is 8.90. The molecule has 33 heavy (non-hydrogen) atoms. The highest BCUT2D eigenvalue weighted by Gasteiger charge is 2.36. The van der Waals surface area contributed by atoms with Crippen molar-refractivity contribution < 1.29 is 17.6 Å². The number of halogens is 4. The first-order chi connectivity index (χ1) is 15.9. The van der Waals surface area contributed by atoms with E-state index in [-0.39, 0.29) is 22.6 Å². The van der Waals surface area contributed by atoms with Crippen molar-refractivity contribution in [2.45, 2.75) is 64.2 Å². The fourth-order valence-corrected chi connectivity index (χ4v) is 5.99. The van der Waals surface area contributed by atoms with Crippen molar-refractivity contribution in [1.82, 2.24) is 0 Å². The Balaban J connectivity index is 1.55. The van der Waals surface area contributed by atoms with E-state index in [1.54, 1.807) is 12.1 Å². The van der Waals surface area contributed by atoms with Crippen LogP contribution in [0.4, 0.5) is 17.6 Å². The van der Waals surface area contributed by atoms with Crippen LogP contribution >= 0.6 is 0 Å². The lowest BCUT2D eigenvalue weighted by atomic mass is 9.64. The van der Waals surface area contributed by atoms with Crippen molar-refractivity contribution in [3.63, 3.8) is 0 Å². The van der Waals surface area contributed by atoms with Gasteiger partial charge in [-0.25, -0.2) is 17.6 Å². The topological polar surface area (TPSA) is 0 Å². The lowest BCUT2D eigenvalue weighted by Crippen LogP contribution is -2.30. The van der Waals surface area contributed by atoms with Gasteiger partial charge in [0.15, 0.2) is 23.3 Å². The maximum Gasteiger partial charge on any atom is 0.167 e. The van der Waals surface area contributed by atoms with Crippen molar-refractivity contribution in [2.75, 3.05) is 0 Å². The maximum atomic E-state index is 15.2. The summed E-state index contributed by atoms with van der Waals surface area (Å²) in [7, 11) is 0. The molecule has 0 nitrogen and oxygen atoms in total. The Labute approximate surface area is 194 Å². The van der Waals surface area contributed by atoms with E-state index < -0.39 is 23.3 Å². The molecule has 2 aromatic carbocycles. The fraction of sp³-hybridized carbons (Fsp3) is 0.448. The number of rotatable bonds is 6. The van der Waals surface area contributed by atoms with Crippen LogP contribution in [-0.4, -0.2) is 0 Å². The van der Waals surface area contributed by atoms with Gasteiger partial charge in [-0.1, -0.05) is 42.5 Å². The lowest BCUT2D eigenvalue weighted by molar-refractivity contribution is 0.132. The maximum absolute atomic E-state index is 15.2. The lowest BCUT2D eigenvalue weighted by Gasteiger charge is -2.42. The molecule has 2 aliphatic carbocycles. The first-order valence-electron chi connectivity index (χ1n) is 12.1. The van der Waals surface area contributed by atoms with Crippen LogP contribution in [0.5, 0.6) is 0 Å². The Morgan fingerprint density at radius 2 is 1.48 bits per heavy atom. The summed E-state index contributed by atoms with van der Waals surface area (Å²) in [6.07, 6.45) is 13.1. The fourth-order valence-electron chi connectivity index (χ4n) is 5.99. The number of hydrogen-bond donors (Lipinski definition) is 0. The molecule has 4 heteroatoms. The number of benzene rings is 2. The van der Waals surface area contributed by atoms with Crippen LogP contribution in [0.25, 0.3) is 11.1 Å². The van der Waals surface area contributed by atoms with Gasteiger partial charge in [0.1, 0.15) is 0 Å². The van der Waals surface area contributed by atoms with E-state index >= 15 is 8.78 Å². The minimum atomic E-state index is -1.14. The van der Waals surface area contributed by atoms with Crippen LogP contribution in [0.3, 0.4) is 0 Å². The van der Waals surface area contributed by atoms with Gasteiger partial charge >= 0.3 is 0 Å². The molecule has 0 aliphatic heterocycles. The van der Waals surface area contributed by atoms with Crippen molar-refractivity contribution >= 4 is 0 Å². The minimum Gasteiger partial charge on any atom is -0.203 e. The number of hydrogen-bond acceptors (Lipinski definition) is 0. The Hall–Kier alpha value is -2.36. The van der Waals surface area contributed by atoms with E-state index in [2.05, 4.69) is 25.7 Å². The van der Waals surface area contributed by atoms with Crippen LogP contribution in [0.15, 0.2) is 49.1 Å². The van der Waals surface area contributed by atoms with E-state index in [9.17, 15) is 8.78 Å². The normalized spacial score (nSPS) is 25.2. The summed E-state index contributed by atoms with van der Waals surface area (Å²) < 4.78 is 59.5. The summed E-state index contributed by atoms with van der Waals surface area (Å²) in [5.41, 5.74) is 0.0931. The van der Waals surface area contributed by atoms with Crippen molar-refractivity contribution in [3.8, 4) is 11.1 Å². The number of fused-ring (bicyclic) bond motifs is 1. The summed E-state index contributed by atoms with van der Waals surface area (Å²) in [6, 6.07) is 5.76. The summed E-state index contributed by atoms with van der Waals surface area (Å²) in [5, 5.41) is 0. The van der Waals surface area contributed by atoms with Gasteiger partial charge in [-0.2, -0.15) is 0 Å². The first-order valence-corrected chi connectivity index (χ1v) is 12.1. The Kier molecular flexibility index (Phi) is 7.41. The third-order valence-electron chi connectivity index (χ3n) is 7.74. The molecule has 2 fully saturated rings. The molecule has 0 aromatic heterocycles. The zero-order chi connectivity index (χ0) is 23.5. The largest absolute Gasteiger partial charge is 0.203 e. The molecule has 0 N–H and O–H groups in total. The highest BCUT2D eigenvalue weighted by molar-refractivity contribution is 5.66. The van der Waals surface area contributed by atoms with E-state index in [1.807, 2.05) is 0 Å². The highest BCUT2D eigenvalue weighted by atomic mass is 19.2. The molecule has 2 saturated carbocycles. The predicted molar refractivity (Wildman–Crippen MR) is 126 cm³/mol. The summed E-state index contributed by atoms with van der Waals surface area (Å²) in [6.45, 7) is 5.64. The minimum absolute atomic E-state index is 0.0315. The second-order valence-corrected chi connectivity index (χ2v) is 9.69. The van der Waals surface area contributed by atoms with Gasteiger partial charge in [-0.3, -0.25) is 0 Å². The van der Waals surface area contributed by atoms with Gasteiger partial charge in [0, 0.05) is 11.1 Å². The molecule has 4 atom stereocenters.